The minimum absolute atomic E-state index is 0.584. The summed E-state index contributed by atoms with van der Waals surface area (Å²) in [5.74, 6) is 0. The first-order chi connectivity index (χ1) is 4.61. The maximum absolute atomic E-state index is 11.6. The predicted molar refractivity (Wildman–Crippen MR) is 45.0 cm³/mol. The molecule has 1 saturated carbocycles. The molecule has 0 N–H and O–H groups in total. The normalized spacial score (nSPS) is 23.1. The van der Waals surface area contributed by atoms with Gasteiger partial charge in [-0.15, -0.1) is 0 Å². The topological polar surface area (TPSA) is 19.9 Å². The van der Waals surface area contributed by atoms with Crippen molar-refractivity contribution >= 4 is 8.32 Å². The molecule has 0 aromatic heterocycles. The van der Waals surface area contributed by atoms with Crippen LogP contribution in [0, 0.1) is 0 Å². The van der Waals surface area contributed by atoms with Gasteiger partial charge in [-0.25, -0.2) is 0 Å². The smallest absolute Gasteiger partial charge is 0.234 e. The van der Waals surface area contributed by atoms with Crippen molar-refractivity contribution in [2.45, 2.75) is 50.7 Å². The minimum atomic E-state index is -2.01. The third kappa shape index (κ3) is 2.10. The van der Waals surface area contributed by atoms with Crippen molar-refractivity contribution in [3.8, 4) is 0 Å². The summed E-state index contributed by atoms with van der Waals surface area (Å²) in [5.41, 5.74) is 0.584. The van der Waals surface area contributed by atoms with Crippen LogP contribution in [0.25, 0.3) is 0 Å². The third-order valence-corrected chi connectivity index (χ3v) is 5.13. The summed E-state index contributed by atoms with van der Waals surface area (Å²) in [4.78, 5) is 11.6. The van der Waals surface area contributed by atoms with E-state index < -0.39 is 8.32 Å². The minimum Gasteiger partial charge on any atom is -0.298 e. The van der Waals surface area contributed by atoms with E-state index in [1.54, 1.807) is 0 Å². The van der Waals surface area contributed by atoms with E-state index in [0.29, 0.717) is 5.54 Å². The van der Waals surface area contributed by atoms with E-state index in [0.717, 1.165) is 0 Å². The highest BCUT2D eigenvalue weighted by molar-refractivity contribution is 6.71. The van der Waals surface area contributed by atoms with Crippen LogP contribution in [-0.2, 0) is 4.80 Å². The van der Waals surface area contributed by atoms with Crippen molar-refractivity contribution in [2.75, 3.05) is 0 Å². The van der Waals surface area contributed by atoms with Crippen molar-refractivity contribution < 1.29 is 4.80 Å². The molecular formula is C8H17OSi. The molecule has 1 rings (SSSR count). The SMILES string of the molecule is C[Si](C)([O])C1CCCCC1. The summed E-state index contributed by atoms with van der Waals surface area (Å²) in [7, 11) is -2.01. The molecule has 0 unspecified atom stereocenters. The molecule has 0 bridgehead atoms. The summed E-state index contributed by atoms with van der Waals surface area (Å²) in [6.45, 7) is 3.92. The van der Waals surface area contributed by atoms with E-state index >= 15 is 0 Å². The Bertz CT molecular complexity index is 100. The van der Waals surface area contributed by atoms with Gasteiger partial charge in [0.25, 0.3) is 0 Å². The Morgan fingerprint density at radius 2 is 1.60 bits per heavy atom. The second kappa shape index (κ2) is 3.05. The molecule has 0 aromatic carbocycles. The van der Waals surface area contributed by atoms with Crippen LogP contribution >= 0.6 is 0 Å². The Hall–Kier alpha value is 0.177. The fraction of sp³-hybridized carbons (Fsp3) is 1.00. The van der Waals surface area contributed by atoms with Crippen molar-refractivity contribution in [1.29, 1.82) is 0 Å². The van der Waals surface area contributed by atoms with E-state index in [1.165, 1.54) is 32.1 Å². The Morgan fingerprint density at radius 3 is 1.90 bits per heavy atom. The molecule has 10 heavy (non-hydrogen) atoms. The van der Waals surface area contributed by atoms with E-state index in [1.807, 2.05) is 13.1 Å². The van der Waals surface area contributed by atoms with Gasteiger partial charge in [-0.1, -0.05) is 32.1 Å². The molecule has 1 radical (unpaired) electrons. The average molecular weight is 157 g/mol. The fourth-order valence-electron chi connectivity index (χ4n) is 1.80. The third-order valence-electron chi connectivity index (χ3n) is 2.59. The van der Waals surface area contributed by atoms with Gasteiger partial charge in [-0.2, -0.15) is 0 Å². The first-order valence-electron chi connectivity index (χ1n) is 4.31. The first-order valence-corrected chi connectivity index (χ1v) is 7.29. The summed E-state index contributed by atoms with van der Waals surface area (Å²) >= 11 is 0. The Balaban J connectivity index is 2.39. The highest BCUT2D eigenvalue weighted by Crippen LogP contribution is 2.35. The van der Waals surface area contributed by atoms with Crippen LogP contribution in [0.15, 0.2) is 0 Å². The molecule has 59 valence electrons. The summed E-state index contributed by atoms with van der Waals surface area (Å²) in [6, 6.07) is 0. The lowest BCUT2D eigenvalue weighted by atomic mass is 10.0. The molecule has 1 aliphatic carbocycles. The number of hydrogen-bond donors (Lipinski definition) is 0. The van der Waals surface area contributed by atoms with Crippen LogP contribution in [0.5, 0.6) is 0 Å². The Labute approximate surface area is 64.6 Å². The zero-order valence-electron chi connectivity index (χ0n) is 7.02. The second-order valence-corrected chi connectivity index (χ2v) is 7.96. The van der Waals surface area contributed by atoms with Gasteiger partial charge < -0.3 is 0 Å². The van der Waals surface area contributed by atoms with Crippen LogP contribution in [0.2, 0.25) is 18.6 Å². The predicted octanol–water partition coefficient (Wildman–Crippen LogP) is 2.96. The van der Waals surface area contributed by atoms with Gasteiger partial charge in [0.2, 0.25) is 8.32 Å². The highest BCUT2D eigenvalue weighted by Gasteiger charge is 2.32. The number of hydrogen-bond acceptors (Lipinski definition) is 0. The molecule has 0 spiro atoms. The van der Waals surface area contributed by atoms with Crippen molar-refractivity contribution in [1.82, 2.24) is 0 Å². The highest BCUT2D eigenvalue weighted by atomic mass is 28.4. The molecule has 2 heteroatoms. The van der Waals surface area contributed by atoms with Crippen molar-refractivity contribution in [3.05, 3.63) is 0 Å². The zero-order valence-corrected chi connectivity index (χ0v) is 8.02. The summed E-state index contributed by atoms with van der Waals surface area (Å²) in [5, 5.41) is 0. The Morgan fingerprint density at radius 1 is 1.10 bits per heavy atom. The van der Waals surface area contributed by atoms with Gasteiger partial charge >= 0.3 is 0 Å². The van der Waals surface area contributed by atoms with E-state index in [9.17, 15) is 4.80 Å². The zero-order chi connectivity index (χ0) is 7.61. The standard InChI is InChI=1S/C8H17OSi/c1-10(2,9)8-6-4-3-5-7-8/h8H,3-7H2,1-2H3. The molecule has 1 fully saturated rings. The van der Waals surface area contributed by atoms with Crippen LogP contribution in [0.1, 0.15) is 32.1 Å². The van der Waals surface area contributed by atoms with Gasteiger partial charge in [-0.3, -0.25) is 4.80 Å². The second-order valence-electron chi connectivity index (χ2n) is 3.94. The van der Waals surface area contributed by atoms with Gasteiger partial charge in [0.05, 0.1) is 0 Å². The van der Waals surface area contributed by atoms with Gasteiger partial charge in [0, 0.05) is 0 Å². The van der Waals surface area contributed by atoms with E-state index in [4.69, 9.17) is 0 Å². The van der Waals surface area contributed by atoms with Crippen LogP contribution in [0.4, 0.5) is 0 Å². The molecule has 0 aromatic rings. The van der Waals surface area contributed by atoms with Gasteiger partial charge in [0.1, 0.15) is 0 Å². The van der Waals surface area contributed by atoms with Gasteiger partial charge in [0.15, 0.2) is 0 Å². The molecule has 0 amide bonds. The van der Waals surface area contributed by atoms with E-state index in [2.05, 4.69) is 0 Å². The summed E-state index contributed by atoms with van der Waals surface area (Å²) in [6.07, 6.45) is 6.43. The van der Waals surface area contributed by atoms with Crippen LogP contribution < -0.4 is 0 Å². The lowest BCUT2D eigenvalue weighted by Crippen LogP contribution is -2.31. The molecule has 0 atom stereocenters. The quantitative estimate of drug-likeness (QED) is 0.522. The molecular weight excluding hydrogens is 140 g/mol. The maximum atomic E-state index is 11.6. The molecule has 0 saturated heterocycles. The summed E-state index contributed by atoms with van der Waals surface area (Å²) < 4.78 is 0. The monoisotopic (exact) mass is 157 g/mol. The van der Waals surface area contributed by atoms with Crippen LogP contribution in [0.3, 0.4) is 0 Å². The molecule has 1 nitrogen and oxygen atoms in total. The molecule has 0 heterocycles. The van der Waals surface area contributed by atoms with Crippen molar-refractivity contribution in [2.24, 2.45) is 0 Å². The molecule has 0 aliphatic heterocycles. The van der Waals surface area contributed by atoms with Crippen LogP contribution in [-0.4, -0.2) is 8.32 Å². The fourth-order valence-corrected chi connectivity index (χ4v) is 3.60. The number of rotatable bonds is 1. The largest absolute Gasteiger partial charge is 0.298 e. The maximum Gasteiger partial charge on any atom is 0.234 e. The Kier molecular flexibility index (Phi) is 2.53. The molecule has 1 aliphatic rings. The first kappa shape index (κ1) is 8.28. The lowest BCUT2D eigenvalue weighted by Gasteiger charge is -2.28. The van der Waals surface area contributed by atoms with E-state index in [-0.39, 0.29) is 0 Å². The average Bonchev–Trinajstić information content (AvgIpc) is 1.88. The van der Waals surface area contributed by atoms with Gasteiger partial charge in [-0.05, 0) is 18.6 Å². The van der Waals surface area contributed by atoms with Crippen molar-refractivity contribution in [3.63, 3.8) is 0 Å². The lowest BCUT2D eigenvalue weighted by molar-refractivity contribution is 0.376.